The lowest BCUT2D eigenvalue weighted by Crippen LogP contribution is -2.29. The molecule has 106 valence electrons. The van der Waals surface area contributed by atoms with E-state index in [1.807, 2.05) is 13.8 Å². The highest BCUT2D eigenvalue weighted by Gasteiger charge is 2.32. The van der Waals surface area contributed by atoms with Crippen LogP contribution in [0.2, 0.25) is 0 Å². The average molecular weight is 264 g/mol. The predicted molar refractivity (Wildman–Crippen MR) is 76.6 cm³/mol. The molecule has 0 atom stereocenters. The number of rotatable bonds is 3. The van der Waals surface area contributed by atoms with Crippen LogP contribution in [0.1, 0.15) is 39.5 Å². The highest BCUT2D eigenvalue weighted by atomic mass is 16.3. The second-order valence-electron chi connectivity index (χ2n) is 6.49. The molecule has 0 spiro atoms. The van der Waals surface area contributed by atoms with Gasteiger partial charge in [0.15, 0.2) is 5.78 Å². The largest absolute Gasteiger partial charge is 0.511 e. The van der Waals surface area contributed by atoms with Crippen molar-refractivity contribution in [2.45, 2.75) is 39.5 Å². The molecule has 1 heterocycles. The van der Waals surface area contributed by atoms with E-state index in [1.54, 1.807) is 6.21 Å². The quantitative estimate of drug-likeness (QED) is 0.769. The van der Waals surface area contributed by atoms with Gasteiger partial charge in [-0.05, 0) is 37.3 Å². The monoisotopic (exact) mass is 264 g/mol. The number of hydrogen-bond donors (Lipinski definition) is 2. The molecule has 2 N–H and O–H groups in total. The smallest absolute Gasteiger partial charge is 0.168 e. The number of aliphatic imine (C=N–C) groups is 1. The van der Waals surface area contributed by atoms with E-state index in [-0.39, 0.29) is 17.0 Å². The third kappa shape index (κ3) is 3.90. The molecule has 0 unspecified atom stereocenters. The molecular formula is C15H24N2O2. The summed E-state index contributed by atoms with van der Waals surface area (Å²) in [7, 11) is 0. The van der Waals surface area contributed by atoms with Gasteiger partial charge in [-0.15, -0.1) is 0 Å². The maximum absolute atomic E-state index is 12.0. The van der Waals surface area contributed by atoms with Crippen molar-refractivity contribution < 1.29 is 9.90 Å². The van der Waals surface area contributed by atoms with Crippen molar-refractivity contribution in [3.05, 3.63) is 11.3 Å². The molecule has 0 amide bonds. The third-order valence-electron chi connectivity index (χ3n) is 3.94. The number of piperidine rings is 1. The summed E-state index contributed by atoms with van der Waals surface area (Å²) in [6.45, 7) is 6.88. The fourth-order valence-corrected chi connectivity index (χ4v) is 2.81. The molecule has 1 aliphatic heterocycles. The maximum atomic E-state index is 12.0. The second-order valence-corrected chi connectivity index (χ2v) is 6.49. The van der Waals surface area contributed by atoms with Gasteiger partial charge in [0.1, 0.15) is 5.76 Å². The summed E-state index contributed by atoms with van der Waals surface area (Å²) < 4.78 is 0. The lowest BCUT2D eigenvalue weighted by molar-refractivity contribution is -0.117. The van der Waals surface area contributed by atoms with Gasteiger partial charge in [-0.3, -0.25) is 9.79 Å². The van der Waals surface area contributed by atoms with E-state index in [2.05, 4.69) is 10.3 Å². The van der Waals surface area contributed by atoms with Gasteiger partial charge in [0.25, 0.3) is 0 Å². The maximum Gasteiger partial charge on any atom is 0.168 e. The summed E-state index contributed by atoms with van der Waals surface area (Å²) in [4.78, 5) is 16.4. The topological polar surface area (TPSA) is 61.7 Å². The number of allylic oxidation sites excluding steroid dienone is 2. The van der Waals surface area contributed by atoms with E-state index < -0.39 is 0 Å². The average Bonchev–Trinajstić information content (AvgIpc) is 2.32. The zero-order chi connectivity index (χ0) is 13.9. The minimum Gasteiger partial charge on any atom is -0.511 e. The van der Waals surface area contributed by atoms with Crippen LogP contribution in [0.15, 0.2) is 16.3 Å². The molecule has 1 fully saturated rings. The van der Waals surface area contributed by atoms with Crippen molar-refractivity contribution in [1.82, 2.24) is 5.32 Å². The van der Waals surface area contributed by atoms with E-state index >= 15 is 0 Å². The summed E-state index contributed by atoms with van der Waals surface area (Å²) in [5.74, 6) is 0.827. The van der Waals surface area contributed by atoms with E-state index in [1.165, 1.54) is 0 Å². The molecule has 0 aromatic carbocycles. The van der Waals surface area contributed by atoms with Crippen LogP contribution in [0.3, 0.4) is 0 Å². The van der Waals surface area contributed by atoms with Crippen molar-refractivity contribution in [2.24, 2.45) is 16.3 Å². The molecular weight excluding hydrogens is 240 g/mol. The van der Waals surface area contributed by atoms with Gasteiger partial charge in [0, 0.05) is 25.6 Å². The van der Waals surface area contributed by atoms with Gasteiger partial charge >= 0.3 is 0 Å². The van der Waals surface area contributed by atoms with Crippen LogP contribution < -0.4 is 5.32 Å². The molecule has 1 saturated heterocycles. The number of Topliss-reactive ketones (excluding diaryl/α,β-unsaturated/α-hetero) is 1. The van der Waals surface area contributed by atoms with Gasteiger partial charge in [-0.2, -0.15) is 0 Å². The molecule has 0 aromatic rings. The van der Waals surface area contributed by atoms with Gasteiger partial charge < -0.3 is 10.4 Å². The summed E-state index contributed by atoms with van der Waals surface area (Å²) in [5.41, 5.74) is 0.293. The van der Waals surface area contributed by atoms with Crippen LogP contribution in [0.4, 0.5) is 0 Å². The number of nitrogens with zero attached hydrogens (tertiary/aromatic N) is 1. The molecule has 4 heteroatoms. The number of ketones is 1. The molecule has 0 radical (unpaired) electrons. The Bertz CT molecular complexity index is 404. The van der Waals surface area contributed by atoms with Crippen LogP contribution in [0.5, 0.6) is 0 Å². The Morgan fingerprint density at radius 2 is 2.05 bits per heavy atom. The van der Waals surface area contributed by atoms with Crippen LogP contribution in [0.25, 0.3) is 0 Å². The van der Waals surface area contributed by atoms with Crippen LogP contribution in [-0.2, 0) is 4.79 Å². The minimum absolute atomic E-state index is 0.0165. The standard InChI is InChI=1S/C15H24N2O2/c1-15(2)7-13(18)12(14(19)8-15)10-17-9-11-3-5-16-6-4-11/h10-11,16,18H,3-9H2,1-2H3. The zero-order valence-electron chi connectivity index (χ0n) is 11.9. The van der Waals surface area contributed by atoms with Crippen LogP contribution in [0, 0.1) is 11.3 Å². The number of carbonyl (C=O) groups is 1. The first-order chi connectivity index (χ1) is 8.98. The van der Waals surface area contributed by atoms with Gasteiger partial charge in [-0.25, -0.2) is 0 Å². The molecule has 19 heavy (non-hydrogen) atoms. The third-order valence-corrected chi connectivity index (χ3v) is 3.94. The van der Waals surface area contributed by atoms with E-state index in [0.29, 0.717) is 24.3 Å². The molecule has 1 aliphatic carbocycles. The van der Waals surface area contributed by atoms with Crippen molar-refractivity contribution >= 4 is 12.0 Å². The van der Waals surface area contributed by atoms with Gasteiger partial charge in [0.05, 0.1) is 5.57 Å². The number of carbonyl (C=O) groups excluding carboxylic acids is 1. The Balaban J connectivity index is 1.95. The molecule has 0 saturated carbocycles. The Kier molecular flexibility index (Phi) is 4.40. The first-order valence-electron chi connectivity index (χ1n) is 7.14. The van der Waals surface area contributed by atoms with Crippen molar-refractivity contribution in [1.29, 1.82) is 0 Å². The number of aliphatic hydroxyl groups excluding tert-OH is 1. The lowest BCUT2D eigenvalue weighted by Gasteiger charge is -2.28. The van der Waals surface area contributed by atoms with Crippen LogP contribution in [-0.4, -0.2) is 36.7 Å². The minimum atomic E-state index is -0.131. The zero-order valence-corrected chi connectivity index (χ0v) is 11.9. The summed E-state index contributed by atoms with van der Waals surface area (Å²) in [6.07, 6.45) is 4.93. The SMILES string of the molecule is CC1(C)CC(=O)C(C=NCC2CCNCC2)=C(O)C1. The molecule has 4 nitrogen and oxygen atoms in total. The molecule has 0 aromatic heterocycles. The van der Waals surface area contributed by atoms with E-state index in [9.17, 15) is 9.90 Å². The van der Waals surface area contributed by atoms with Gasteiger partial charge in [-0.1, -0.05) is 13.8 Å². The Morgan fingerprint density at radius 3 is 2.68 bits per heavy atom. The Hall–Kier alpha value is -1.16. The predicted octanol–water partition coefficient (Wildman–Crippen LogP) is 2.26. The molecule has 2 rings (SSSR count). The fourth-order valence-electron chi connectivity index (χ4n) is 2.81. The fraction of sp³-hybridized carbons (Fsp3) is 0.733. The number of hydrogen-bond acceptors (Lipinski definition) is 4. The highest BCUT2D eigenvalue weighted by molar-refractivity contribution is 6.14. The summed E-state index contributed by atoms with van der Waals surface area (Å²) in [5, 5.41) is 13.3. The van der Waals surface area contributed by atoms with E-state index in [4.69, 9.17) is 0 Å². The van der Waals surface area contributed by atoms with E-state index in [0.717, 1.165) is 32.5 Å². The first-order valence-corrected chi connectivity index (χ1v) is 7.14. The number of aliphatic hydroxyl groups is 1. The number of nitrogens with one attached hydrogen (secondary N) is 1. The van der Waals surface area contributed by atoms with Crippen molar-refractivity contribution in [3.63, 3.8) is 0 Å². The first kappa shape index (κ1) is 14.3. The summed E-state index contributed by atoms with van der Waals surface area (Å²) in [6, 6.07) is 0. The molecule has 0 bridgehead atoms. The summed E-state index contributed by atoms with van der Waals surface area (Å²) >= 11 is 0. The van der Waals surface area contributed by atoms with Gasteiger partial charge in [0.2, 0.25) is 0 Å². The van der Waals surface area contributed by atoms with Crippen molar-refractivity contribution in [3.8, 4) is 0 Å². The Morgan fingerprint density at radius 1 is 1.37 bits per heavy atom. The normalized spacial score (nSPS) is 25.3. The lowest BCUT2D eigenvalue weighted by atomic mass is 9.77. The highest BCUT2D eigenvalue weighted by Crippen LogP contribution is 2.35. The molecule has 2 aliphatic rings. The second kappa shape index (κ2) is 5.87. The van der Waals surface area contributed by atoms with Crippen molar-refractivity contribution in [2.75, 3.05) is 19.6 Å². The van der Waals surface area contributed by atoms with Crippen LogP contribution >= 0.6 is 0 Å². The Labute approximate surface area is 115 Å².